The highest BCUT2D eigenvalue weighted by atomic mass is 16.5. The molecule has 5 nitrogen and oxygen atoms in total. The van der Waals surface area contributed by atoms with Crippen LogP contribution in [0.1, 0.15) is 28.8 Å². The summed E-state index contributed by atoms with van der Waals surface area (Å²) in [6, 6.07) is 16.6. The van der Waals surface area contributed by atoms with Gasteiger partial charge in [-0.15, -0.1) is 0 Å². The quantitative estimate of drug-likeness (QED) is 0.881. The van der Waals surface area contributed by atoms with Crippen LogP contribution >= 0.6 is 0 Å². The van der Waals surface area contributed by atoms with E-state index in [1.54, 1.807) is 24.3 Å². The zero-order chi connectivity index (χ0) is 17.5. The first-order valence-electron chi connectivity index (χ1n) is 8.55. The molecule has 0 bridgehead atoms. The first-order chi connectivity index (χ1) is 12.2. The van der Waals surface area contributed by atoms with Crippen LogP contribution in [0.5, 0.6) is 5.75 Å². The molecule has 0 atom stereocenters. The lowest BCUT2D eigenvalue weighted by atomic mass is 10.2. The monoisotopic (exact) mass is 338 g/mol. The molecule has 0 aliphatic carbocycles. The molecule has 1 N–H and O–H groups in total. The summed E-state index contributed by atoms with van der Waals surface area (Å²) in [5.41, 5.74) is 1.56. The molecule has 1 aliphatic heterocycles. The number of carbonyl (C=O) groups is 2. The SMILES string of the molecule is O=C(NCc1ccccc1)c1cccc(OCC(=O)N2CCCC2)c1. The number of ether oxygens (including phenoxy) is 1. The zero-order valence-electron chi connectivity index (χ0n) is 14.1. The largest absolute Gasteiger partial charge is 0.484 e. The van der Waals surface area contributed by atoms with E-state index >= 15 is 0 Å². The lowest BCUT2D eigenvalue weighted by Gasteiger charge is -2.15. The number of hydrogen-bond donors (Lipinski definition) is 1. The number of likely N-dealkylation sites (tertiary alicyclic amines) is 1. The average Bonchev–Trinajstić information content (AvgIpc) is 3.20. The first kappa shape index (κ1) is 17.0. The first-order valence-corrected chi connectivity index (χ1v) is 8.55. The van der Waals surface area contributed by atoms with Gasteiger partial charge in [0.25, 0.3) is 11.8 Å². The molecule has 25 heavy (non-hydrogen) atoms. The van der Waals surface area contributed by atoms with Crippen molar-refractivity contribution >= 4 is 11.8 Å². The second-order valence-corrected chi connectivity index (χ2v) is 6.07. The van der Waals surface area contributed by atoms with E-state index in [1.165, 1.54) is 0 Å². The fourth-order valence-corrected chi connectivity index (χ4v) is 2.81. The van der Waals surface area contributed by atoms with Gasteiger partial charge in [0.1, 0.15) is 5.75 Å². The van der Waals surface area contributed by atoms with Crippen LogP contribution in [0, 0.1) is 0 Å². The van der Waals surface area contributed by atoms with E-state index < -0.39 is 0 Å². The minimum absolute atomic E-state index is 0.00330. The number of benzene rings is 2. The van der Waals surface area contributed by atoms with Crippen molar-refractivity contribution in [2.24, 2.45) is 0 Å². The maximum absolute atomic E-state index is 12.3. The Morgan fingerprint density at radius 1 is 1.00 bits per heavy atom. The van der Waals surface area contributed by atoms with Crippen molar-refractivity contribution in [2.75, 3.05) is 19.7 Å². The van der Waals surface area contributed by atoms with Crippen LogP contribution in [0.3, 0.4) is 0 Å². The van der Waals surface area contributed by atoms with Crippen molar-refractivity contribution in [3.8, 4) is 5.75 Å². The van der Waals surface area contributed by atoms with Gasteiger partial charge in [-0.3, -0.25) is 9.59 Å². The normalized spacial score (nSPS) is 13.5. The van der Waals surface area contributed by atoms with E-state index in [9.17, 15) is 9.59 Å². The number of carbonyl (C=O) groups excluding carboxylic acids is 2. The Bertz CT molecular complexity index is 725. The van der Waals surface area contributed by atoms with Gasteiger partial charge in [0, 0.05) is 25.2 Å². The number of rotatable bonds is 6. The van der Waals surface area contributed by atoms with E-state index in [-0.39, 0.29) is 18.4 Å². The molecule has 0 saturated carbocycles. The van der Waals surface area contributed by atoms with E-state index in [1.807, 2.05) is 35.2 Å². The maximum Gasteiger partial charge on any atom is 0.260 e. The predicted octanol–water partition coefficient (Wildman–Crippen LogP) is 2.62. The lowest BCUT2D eigenvalue weighted by Crippen LogP contribution is -2.32. The number of hydrogen-bond acceptors (Lipinski definition) is 3. The van der Waals surface area contributed by atoms with Crippen molar-refractivity contribution in [3.05, 3.63) is 65.7 Å². The third-order valence-electron chi connectivity index (χ3n) is 4.21. The van der Waals surface area contributed by atoms with Crippen LogP contribution in [-0.2, 0) is 11.3 Å². The fraction of sp³-hybridized carbons (Fsp3) is 0.300. The summed E-state index contributed by atoms with van der Waals surface area (Å²) in [6.07, 6.45) is 2.12. The minimum Gasteiger partial charge on any atom is -0.484 e. The highest BCUT2D eigenvalue weighted by Crippen LogP contribution is 2.14. The molecular weight excluding hydrogens is 316 g/mol. The smallest absolute Gasteiger partial charge is 0.260 e. The van der Waals surface area contributed by atoms with Gasteiger partial charge in [-0.2, -0.15) is 0 Å². The van der Waals surface area contributed by atoms with Gasteiger partial charge in [0.15, 0.2) is 6.61 Å². The summed E-state index contributed by atoms with van der Waals surface area (Å²) in [4.78, 5) is 26.1. The van der Waals surface area contributed by atoms with Crippen molar-refractivity contribution < 1.29 is 14.3 Å². The molecule has 0 radical (unpaired) electrons. The van der Waals surface area contributed by atoms with E-state index in [0.29, 0.717) is 17.9 Å². The van der Waals surface area contributed by atoms with Gasteiger partial charge in [-0.25, -0.2) is 0 Å². The van der Waals surface area contributed by atoms with Crippen molar-refractivity contribution in [3.63, 3.8) is 0 Å². The van der Waals surface area contributed by atoms with Crippen molar-refractivity contribution in [2.45, 2.75) is 19.4 Å². The van der Waals surface area contributed by atoms with Gasteiger partial charge < -0.3 is 15.0 Å². The number of nitrogens with zero attached hydrogens (tertiary/aromatic N) is 1. The van der Waals surface area contributed by atoms with E-state index in [0.717, 1.165) is 31.5 Å². The number of amides is 2. The van der Waals surface area contributed by atoms with Crippen LogP contribution in [0.4, 0.5) is 0 Å². The molecule has 0 spiro atoms. The average molecular weight is 338 g/mol. The Hall–Kier alpha value is -2.82. The van der Waals surface area contributed by atoms with Gasteiger partial charge in [0.2, 0.25) is 0 Å². The molecular formula is C20H22N2O3. The molecule has 2 aromatic carbocycles. The Morgan fingerprint density at radius 3 is 2.52 bits per heavy atom. The Labute approximate surface area is 147 Å². The van der Waals surface area contributed by atoms with E-state index in [2.05, 4.69) is 5.32 Å². The minimum atomic E-state index is -0.167. The highest BCUT2D eigenvalue weighted by molar-refractivity contribution is 5.94. The predicted molar refractivity (Wildman–Crippen MR) is 95.4 cm³/mol. The Balaban J connectivity index is 1.53. The molecule has 0 aromatic heterocycles. The summed E-state index contributed by atoms with van der Waals surface area (Å²) in [5, 5.41) is 2.88. The van der Waals surface area contributed by atoms with Crippen LogP contribution in [0.25, 0.3) is 0 Å². The summed E-state index contributed by atoms with van der Waals surface area (Å²) in [6.45, 7) is 2.10. The van der Waals surface area contributed by atoms with Crippen molar-refractivity contribution in [1.82, 2.24) is 10.2 Å². The molecule has 1 fully saturated rings. The lowest BCUT2D eigenvalue weighted by molar-refractivity contribution is -0.132. The summed E-state index contributed by atoms with van der Waals surface area (Å²) in [7, 11) is 0. The maximum atomic E-state index is 12.3. The van der Waals surface area contributed by atoms with Gasteiger partial charge >= 0.3 is 0 Å². The highest BCUT2D eigenvalue weighted by Gasteiger charge is 2.18. The van der Waals surface area contributed by atoms with Gasteiger partial charge in [0.05, 0.1) is 0 Å². The van der Waals surface area contributed by atoms with Gasteiger partial charge in [-0.1, -0.05) is 36.4 Å². The van der Waals surface area contributed by atoms with Crippen LogP contribution in [0.15, 0.2) is 54.6 Å². The molecule has 1 heterocycles. The molecule has 5 heteroatoms. The summed E-state index contributed by atoms with van der Waals surface area (Å²) < 4.78 is 5.56. The van der Waals surface area contributed by atoms with Crippen LogP contribution in [0.2, 0.25) is 0 Å². The molecule has 0 unspecified atom stereocenters. The zero-order valence-corrected chi connectivity index (χ0v) is 14.1. The molecule has 2 aromatic rings. The summed E-state index contributed by atoms with van der Waals surface area (Å²) in [5.74, 6) is 0.358. The molecule has 1 saturated heterocycles. The summed E-state index contributed by atoms with van der Waals surface area (Å²) >= 11 is 0. The molecule has 2 amide bonds. The third-order valence-corrected chi connectivity index (χ3v) is 4.21. The van der Waals surface area contributed by atoms with Crippen LogP contribution < -0.4 is 10.1 Å². The third kappa shape index (κ3) is 4.83. The molecule has 1 aliphatic rings. The van der Waals surface area contributed by atoms with Crippen molar-refractivity contribution in [1.29, 1.82) is 0 Å². The Kier molecular flexibility index (Phi) is 5.67. The van der Waals surface area contributed by atoms with Crippen LogP contribution in [-0.4, -0.2) is 36.4 Å². The van der Waals surface area contributed by atoms with E-state index in [4.69, 9.17) is 4.74 Å². The topological polar surface area (TPSA) is 58.6 Å². The molecule has 3 rings (SSSR count). The molecule has 130 valence electrons. The number of nitrogens with one attached hydrogen (secondary N) is 1. The second kappa shape index (κ2) is 8.33. The fourth-order valence-electron chi connectivity index (χ4n) is 2.81. The van der Waals surface area contributed by atoms with Gasteiger partial charge in [-0.05, 0) is 36.6 Å². The second-order valence-electron chi connectivity index (χ2n) is 6.07. The standard InChI is InChI=1S/C20H22N2O3/c23-19(22-11-4-5-12-22)15-25-18-10-6-9-17(13-18)20(24)21-14-16-7-2-1-3-8-16/h1-3,6-10,13H,4-5,11-12,14-15H2,(H,21,24). The Morgan fingerprint density at radius 2 is 1.76 bits per heavy atom.